The average molecular weight is 255 g/mol. The number of nitrogens with two attached hydrogens (primary N) is 1. The van der Waals surface area contributed by atoms with E-state index < -0.39 is 17.6 Å². The van der Waals surface area contributed by atoms with Crippen LogP contribution in [0.25, 0.3) is 0 Å². The number of carbonyl (C=O) groups is 2. The second-order valence-corrected chi connectivity index (χ2v) is 3.35. The van der Waals surface area contributed by atoms with Crippen molar-refractivity contribution in [1.82, 2.24) is 5.32 Å². The fourth-order valence-corrected chi connectivity index (χ4v) is 1.19. The molecule has 98 valence electrons. The molecule has 0 atom stereocenters. The van der Waals surface area contributed by atoms with Gasteiger partial charge in [0.1, 0.15) is 0 Å². The van der Waals surface area contributed by atoms with E-state index in [9.17, 15) is 14.0 Å². The quantitative estimate of drug-likeness (QED) is 0.652. The number of benzene rings is 1. The van der Waals surface area contributed by atoms with Crippen molar-refractivity contribution in [2.24, 2.45) is 5.73 Å². The van der Waals surface area contributed by atoms with Gasteiger partial charge in [-0.2, -0.15) is 0 Å². The summed E-state index contributed by atoms with van der Waals surface area (Å²) in [5.74, 6) is -2.22. The van der Waals surface area contributed by atoms with Crippen molar-refractivity contribution in [1.29, 1.82) is 0 Å². The summed E-state index contributed by atoms with van der Waals surface area (Å²) in [7, 11) is 1.30. The molecule has 7 heteroatoms. The van der Waals surface area contributed by atoms with E-state index in [1.165, 1.54) is 19.2 Å². The summed E-state index contributed by atoms with van der Waals surface area (Å²) in [6.07, 6.45) is 0. The third-order valence-electron chi connectivity index (χ3n) is 2.05. The van der Waals surface area contributed by atoms with Gasteiger partial charge in [0.2, 0.25) is 0 Å². The van der Waals surface area contributed by atoms with Gasteiger partial charge in [-0.3, -0.25) is 9.59 Å². The largest absolute Gasteiger partial charge is 0.494 e. The van der Waals surface area contributed by atoms with Crippen molar-refractivity contribution in [2.45, 2.75) is 0 Å². The fourth-order valence-electron chi connectivity index (χ4n) is 1.19. The zero-order chi connectivity index (χ0) is 13.5. The molecular formula is C11H14FN3O3. The SMILES string of the molecule is COc1cc(NC(=O)C(=O)NCCN)ccc1F. The molecule has 1 aromatic carbocycles. The Bertz CT molecular complexity index is 451. The number of amides is 2. The zero-order valence-electron chi connectivity index (χ0n) is 9.83. The average Bonchev–Trinajstić information content (AvgIpc) is 2.37. The van der Waals surface area contributed by atoms with Gasteiger partial charge >= 0.3 is 11.8 Å². The van der Waals surface area contributed by atoms with Gasteiger partial charge in [0.15, 0.2) is 11.6 Å². The van der Waals surface area contributed by atoms with E-state index in [0.717, 1.165) is 6.07 Å². The molecule has 4 N–H and O–H groups in total. The molecular weight excluding hydrogens is 241 g/mol. The maximum Gasteiger partial charge on any atom is 0.313 e. The first-order valence-electron chi connectivity index (χ1n) is 5.21. The number of rotatable bonds is 4. The van der Waals surface area contributed by atoms with Gasteiger partial charge in [-0.05, 0) is 12.1 Å². The molecule has 0 radical (unpaired) electrons. The van der Waals surface area contributed by atoms with Gasteiger partial charge in [0.25, 0.3) is 0 Å². The maximum absolute atomic E-state index is 13.1. The van der Waals surface area contributed by atoms with Gasteiger partial charge in [-0.25, -0.2) is 4.39 Å². The lowest BCUT2D eigenvalue weighted by atomic mass is 10.3. The predicted octanol–water partition coefficient (Wildman–Crippen LogP) is -0.152. The number of methoxy groups -OCH3 is 1. The van der Waals surface area contributed by atoms with Crippen LogP contribution >= 0.6 is 0 Å². The number of hydrogen-bond acceptors (Lipinski definition) is 4. The highest BCUT2D eigenvalue weighted by Crippen LogP contribution is 2.21. The van der Waals surface area contributed by atoms with Crippen molar-refractivity contribution in [3.63, 3.8) is 0 Å². The highest BCUT2D eigenvalue weighted by Gasteiger charge is 2.13. The Labute approximate surface area is 103 Å². The molecule has 0 aliphatic rings. The summed E-state index contributed by atoms with van der Waals surface area (Å²) in [5, 5.41) is 4.63. The molecule has 0 heterocycles. The molecule has 1 aromatic rings. The smallest absolute Gasteiger partial charge is 0.313 e. The van der Waals surface area contributed by atoms with Gasteiger partial charge in [-0.1, -0.05) is 0 Å². The zero-order valence-corrected chi connectivity index (χ0v) is 9.83. The summed E-state index contributed by atoms with van der Waals surface area (Å²) in [6, 6.07) is 3.74. The van der Waals surface area contributed by atoms with E-state index in [2.05, 4.69) is 10.6 Å². The lowest BCUT2D eigenvalue weighted by Crippen LogP contribution is -2.37. The third kappa shape index (κ3) is 3.70. The van der Waals surface area contributed by atoms with Crippen LogP contribution < -0.4 is 21.1 Å². The standard InChI is InChI=1S/C11H14FN3O3/c1-18-9-6-7(2-3-8(9)12)15-11(17)10(16)14-5-4-13/h2-3,6H,4-5,13H2,1H3,(H,14,16)(H,15,17). The molecule has 0 aromatic heterocycles. The Hall–Kier alpha value is -2.15. The van der Waals surface area contributed by atoms with Crippen LogP contribution in [0.4, 0.5) is 10.1 Å². The van der Waals surface area contributed by atoms with Crippen LogP contribution in [0.2, 0.25) is 0 Å². The first-order chi connectivity index (χ1) is 8.58. The fraction of sp³-hybridized carbons (Fsp3) is 0.273. The van der Waals surface area contributed by atoms with Gasteiger partial charge in [0.05, 0.1) is 7.11 Å². The molecule has 0 spiro atoms. The Kier molecular flexibility index (Phi) is 5.06. The Morgan fingerprint density at radius 1 is 1.39 bits per heavy atom. The van der Waals surface area contributed by atoms with Crippen LogP contribution in [0.3, 0.4) is 0 Å². The van der Waals surface area contributed by atoms with Crippen molar-refractivity contribution in [2.75, 3.05) is 25.5 Å². The third-order valence-corrected chi connectivity index (χ3v) is 2.05. The molecule has 1 rings (SSSR count). The molecule has 18 heavy (non-hydrogen) atoms. The molecule has 0 saturated carbocycles. The highest BCUT2D eigenvalue weighted by atomic mass is 19.1. The molecule has 0 unspecified atom stereocenters. The minimum absolute atomic E-state index is 0.0184. The molecule has 0 fully saturated rings. The molecule has 6 nitrogen and oxygen atoms in total. The first kappa shape index (κ1) is 13.9. The van der Waals surface area contributed by atoms with Crippen LogP contribution in [0, 0.1) is 5.82 Å². The molecule has 0 aliphatic heterocycles. The van der Waals surface area contributed by atoms with Gasteiger partial charge < -0.3 is 21.1 Å². The van der Waals surface area contributed by atoms with Crippen molar-refractivity contribution < 1.29 is 18.7 Å². The minimum atomic E-state index is -0.850. The van der Waals surface area contributed by atoms with E-state index >= 15 is 0 Å². The predicted molar refractivity (Wildman–Crippen MR) is 63.6 cm³/mol. The number of ether oxygens (including phenoxy) is 1. The van der Waals surface area contributed by atoms with E-state index in [-0.39, 0.29) is 24.5 Å². The second-order valence-electron chi connectivity index (χ2n) is 3.35. The summed E-state index contributed by atoms with van der Waals surface area (Å²) in [4.78, 5) is 22.6. The molecule has 0 bridgehead atoms. The summed E-state index contributed by atoms with van der Waals surface area (Å²) in [6.45, 7) is 0.447. The van der Waals surface area contributed by atoms with Gasteiger partial charge in [0, 0.05) is 24.8 Å². The number of hydrogen-bond donors (Lipinski definition) is 3. The number of carbonyl (C=O) groups excluding carboxylic acids is 2. The monoisotopic (exact) mass is 255 g/mol. The normalized spacial score (nSPS) is 9.72. The Balaban J connectivity index is 2.67. The van der Waals surface area contributed by atoms with E-state index in [0.29, 0.717) is 0 Å². The van der Waals surface area contributed by atoms with Crippen molar-refractivity contribution in [3.8, 4) is 5.75 Å². The summed E-state index contributed by atoms with van der Waals surface area (Å²) in [5.41, 5.74) is 5.44. The number of halogens is 1. The van der Waals surface area contributed by atoms with Crippen molar-refractivity contribution >= 4 is 17.5 Å². The number of nitrogens with one attached hydrogen (secondary N) is 2. The maximum atomic E-state index is 13.1. The van der Waals surface area contributed by atoms with Crippen LogP contribution in [0.1, 0.15) is 0 Å². The summed E-state index contributed by atoms with van der Waals surface area (Å²) < 4.78 is 17.9. The van der Waals surface area contributed by atoms with Crippen LogP contribution in [0.15, 0.2) is 18.2 Å². The Morgan fingerprint density at radius 2 is 2.11 bits per heavy atom. The topological polar surface area (TPSA) is 93.4 Å². The van der Waals surface area contributed by atoms with E-state index in [1.807, 2.05) is 0 Å². The van der Waals surface area contributed by atoms with E-state index in [1.54, 1.807) is 0 Å². The van der Waals surface area contributed by atoms with Crippen LogP contribution in [0.5, 0.6) is 5.75 Å². The van der Waals surface area contributed by atoms with Crippen molar-refractivity contribution in [3.05, 3.63) is 24.0 Å². The van der Waals surface area contributed by atoms with Crippen LogP contribution in [-0.4, -0.2) is 32.0 Å². The van der Waals surface area contributed by atoms with Crippen LogP contribution in [-0.2, 0) is 9.59 Å². The minimum Gasteiger partial charge on any atom is -0.494 e. The van der Waals surface area contributed by atoms with E-state index in [4.69, 9.17) is 10.5 Å². The highest BCUT2D eigenvalue weighted by molar-refractivity contribution is 6.39. The molecule has 0 saturated heterocycles. The molecule has 2 amide bonds. The first-order valence-corrected chi connectivity index (χ1v) is 5.21. The number of anilines is 1. The lowest BCUT2D eigenvalue weighted by molar-refractivity contribution is -0.136. The van der Waals surface area contributed by atoms with Gasteiger partial charge in [-0.15, -0.1) is 0 Å². The Morgan fingerprint density at radius 3 is 2.72 bits per heavy atom. The second kappa shape index (κ2) is 6.55. The molecule has 0 aliphatic carbocycles. The summed E-state index contributed by atoms with van der Waals surface area (Å²) >= 11 is 0. The lowest BCUT2D eigenvalue weighted by Gasteiger charge is -2.07.